The average molecular weight is 246 g/mol. The Hall–Kier alpha value is -1.77. The Balaban J connectivity index is 1.87. The highest BCUT2D eigenvalue weighted by molar-refractivity contribution is 5.76. The van der Waals surface area contributed by atoms with Crippen LogP contribution in [0.15, 0.2) is 30.3 Å². The Labute approximate surface area is 107 Å². The van der Waals surface area contributed by atoms with Crippen LogP contribution in [-0.4, -0.2) is 19.7 Å². The van der Waals surface area contributed by atoms with Crippen LogP contribution >= 0.6 is 0 Å². The van der Waals surface area contributed by atoms with E-state index in [-0.39, 0.29) is 11.9 Å². The van der Waals surface area contributed by atoms with Crippen molar-refractivity contribution in [2.75, 3.05) is 13.7 Å². The van der Waals surface area contributed by atoms with Gasteiger partial charge in [0, 0.05) is 0 Å². The summed E-state index contributed by atoms with van der Waals surface area (Å²) in [7, 11) is 1.65. The second kappa shape index (κ2) is 5.71. The Bertz CT molecular complexity index is 434. The number of ether oxygens (including phenoxy) is 2. The fourth-order valence-corrected chi connectivity index (χ4v) is 1.90. The summed E-state index contributed by atoms with van der Waals surface area (Å²) in [5, 5.41) is 0. The largest absolute Gasteiger partial charge is 0.497 e. The summed E-state index contributed by atoms with van der Waals surface area (Å²) in [6.07, 6.45) is 5.04. The molecule has 0 aromatic heterocycles. The van der Waals surface area contributed by atoms with Crippen LogP contribution in [0.5, 0.6) is 5.75 Å². The van der Waals surface area contributed by atoms with Crippen molar-refractivity contribution in [1.29, 1.82) is 0 Å². The molecule has 1 aromatic rings. The van der Waals surface area contributed by atoms with Crippen LogP contribution in [0.3, 0.4) is 0 Å². The van der Waals surface area contributed by atoms with Gasteiger partial charge in [-0.2, -0.15) is 0 Å². The standard InChI is InChI=1S/C15H18O3/c1-3-18-15(16)14-10-12(14)7-4-11-5-8-13(17-2)9-6-11/h4-9,12,14H,3,10H2,1-2H3/b7-4+. The van der Waals surface area contributed by atoms with Crippen LogP contribution in [0.1, 0.15) is 18.9 Å². The summed E-state index contributed by atoms with van der Waals surface area (Å²) in [6, 6.07) is 7.85. The van der Waals surface area contributed by atoms with Gasteiger partial charge in [0.05, 0.1) is 19.6 Å². The van der Waals surface area contributed by atoms with Crippen molar-refractivity contribution in [2.24, 2.45) is 11.8 Å². The molecule has 0 bridgehead atoms. The third-order valence-corrected chi connectivity index (χ3v) is 3.08. The highest BCUT2D eigenvalue weighted by Gasteiger charge is 2.42. The van der Waals surface area contributed by atoms with E-state index in [0.717, 1.165) is 17.7 Å². The predicted molar refractivity (Wildman–Crippen MR) is 70.3 cm³/mol. The third-order valence-electron chi connectivity index (χ3n) is 3.08. The molecule has 0 amide bonds. The molecular weight excluding hydrogens is 228 g/mol. The molecule has 2 rings (SSSR count). The maximum atomic E-state index is 11.4. The smallest absolute Gasteiger partial charge is 0.309 e. The lowest BCUT2D eigenvalue weighted by atomic mass is 10.2. The van der Waals surface area contributed by atoms with Gasteiger partial charge < -0.3 is 9.47 Å². The van der Waals surface area contributed by atoms with Gasteiger partial charge in [-0.1, -0.05) is 24.3 Å². The first-order valence-corrected chi connectivity index (χ1v) is 6.23. The van der Waals surface area contributed by atoms with Crippen LogP contribution in [0.2, 0.25) is 0 Å². The minimum Gasteiger partial charge on any atom is -0.497 e. The zero-order valence-corrected chi connectivity index (χ0v) is 10.8. The van der Waals surface area contributed by atoms with E-state index in [0.29, 0.717) is 12.5 Å². The van der Waals surface area contributed by atoms with E-state index in [4.69, 9.17) is 9.47 Å². The van der Waals surface area contributed by atoms with Gasteiger partial charge in [0.2, 0.25) is 0 Å². The van der Waals surface area contributed by atoms with Crippen LogP contribution in [0, 0.1) is 11.8 Å². The second-order valence-electron chi connectivity index (χ2n) is 4.39. The zero-order valence-electron chi connectivity index (χ0n) is 10.8. The molecule has 3 nitrogen and oxygen atoms in total. The molecule has 1 saturated carbocycles. The third kappa shape index (κ3) is 3.13. The number of rotatable bonds is 5. The highest BCUT2D eigenvalue weighted by atomic mass is 16.5. The van der Waals surface area contributed by atoms with E-state index >= 15 is 0 Å². The molecule has 0 radical (unpaired) electrons. The van der Waals surface area contributed by atoms with E-state index < -0.39 is 0 Å². The van der Waals surface area contributed by atoms with E-state index in [1.807, 2.05) is 37.3 Å². The van der Waals surface area contributed by atoms with Crippen molar-refractivity contribution in [3.05, 3.63) is 35.9 Å². The number of hydrogen-bond donors (Lipinski definition) is 0. The van der Waals surface area contributed by atoms with Gasteiger partial charge in [-0.3, -0.25) is 4.79 Å². The quantitative estimate of drug-likeness (QED) is 0.749. The molecule has 1 aliphatic carbocycles. The van der Waals surface area contributed by atoms with Gasteiger partial charge in [0.15, 0.2) is 0 Å². The summed E-state index contributed by atoms with van der Waals surface area (Å²) >= 11 is 0. The topological polar surface area (TPSA) is 35.5 Å². The number of carbonyl (C=O) groups is 1. The van der Waals surface area contributed by atoms with Crippen molar-refractivity contribution in [2.45, 2.75) is 13.3 Å². The first-order valence-electron chi connectivity index (χ1n) is 6.23. The zero-order chi connectivity index (χ0) is 13.0. The fourth-order valence-electron chi connectivity index (χ4n) is 1.90. The summed E-state index contributed by atoms with van der Waals surface area (Å²) in [5.74, 6) is 1.19. The van der Waals surface area contributed by atoms with Gasteiger partial charge >= 0.3 is 5.97 Å². The van der Waals surface area contributed by atoms with Crippen molar-refractivity contribution >= 4 is 12.0 Å². The number of carbonyl (C=O) groups excluding carboxylic acids is 1. The molecule has 0 spiro atoms. The van der Waals surface area contributed by atoms with Crippen molar-refractivity contribution < 1.29 is 14.3 Å². The molecule has 1 aromatic carbocycles. The molecule has 0 saturated heterocycles. The highest BCUT2D eigenvalue weighted by Crippen LogP contribution is 2.41. The lowest BCUT2D eigenvalue weighted by Crippen LogP contribution is -2.06. The van der Waals surface area contributed by atoms with Crippen LogP contribution < -0.4 is 4.74 Å². The van der Waals surface area contributed by atoms with Crippen molar-refractivity contribution in [1.82, 2.24) is 0 Å². The van der Waals surface area contributed by atoms with Gasteiger partial charge in [-0.05, 0) is 37.0 Å². The molecular formula is C15H18O3. The Kier molecular flexibility index (Phi) is 4.03. The second-order valence-corrected chi connectivity index (χ2v) is 4.39. The maximum Gasteiger partial charge on any atom is 0.309 e. The number of esters is 1. The lowest BCUT2D eigenvalue weighted by Gasteiger charge is -1.99. The predicted octanol–water partition coefficient (Wildman–Crippen LogP) is 2.91. The summed E-state index contributed by atoms with van der Waals surface area (Å²) < 4.78 is 10.1. The van der Waals surface area contributed by atoms with E-state index in [1.54, 1.807) is 7.11 Å². The normalized spacial score (nSPS) is 21.9. The van der Waals surface area contributed by atoms with Crippen molar-refractivity contribution in [3.63, 3.8) is 0 Å². The summed E-state index contributed by atoms with van der Waals surface area (Å²) in [6.45, 7) is 2.30. The molecule has 18 heavy (non-hydrogen) atoms. The molecule has 1 aliphatic rings. The Morgan fingerprint density at radius 2 is 2.11 bits per heavy atom. The minimum atomic E-state index is -0.0677. The Morgan fingerprint density at radius 3 is 2.72 bits per heavy atom. The molecule has 1 fully saturated rings. The molecule has 2 unspecified atom stereocenters. The van der Waals surface area contributed by atoms with Crippen LogP contribution in [0.4, 0.5) is 0 Å². The van der Waals surface area contributed by atoms with E-state index in [2.05, 4.69) is 6.08 Å². The fraction of sp³-hybridized carbons (Fsp3) is 0.400. The van der Waals surface area contributed by atoms with Gasteiger partial charge in [-0.25, -0.2) is 0 Å². The number of methoxy groups -OCH3 is 1. The minimum absolute atomic E-state index is 0.0677. The van der Waals surface area contributed by atoms with E-state index in [1.165, 1.54) is 0 Å². The first-order chi connectivity index (χ1) is 8.74. The SMILES string of the molecule is CCOC(=O)C1CC1/C=C/c1ccc(OC)cc1. The molecule has 0 N–H and O–H groups in total. The molecule has 0 heterocycles. The average Bonchev–Trinajstić information content (AvgIpc) is 3.17. The molecule has 2 atom stereocenters. The first kappa shape index (κ1) is 12.7. The molecule has 0 aliphatic heterocycles. The van der Waals surface area contributed by atoms with Gasteiger partial charge in [0.1, 0.15) is 5.75 Å². The van der Waals surface area contributed by atoms with Crippen molar-refractivity contribution in [3.8, 4) is 5.75 Å². The Morgan fingerprint density at radius 1 is 1.39 bits per heavy atom. The summed E-state index contributed by atoms with van der Waals surface area (Å²) in [4.78, 5) is 11.4. The van der Waals surface area contributed by atoms with Gasteiger partial charge in [-0.15, -0.1) is 0 Å². The van der Waals surface area contributed by atoms with Gasteiger partial charge in [0.25, 0.3) is 0 Å². The summed E-state index contributed by atoms with van der Waals surface area (Å²) in [5.41, 5.74) is 1.12. The number of benzene rings is 1. The maximum absolute atomic E-state index is 11.4. The molecule has 3 heteroatoms. The number of hydrogen-bond acceptors (Lipinski definition) is 3. The molecule has 96 valence electrons. The van der Waals surface area contributed by atoms with Crippen LogP contribution in [0.25, 0.3) is 6.08 Å². The monoisotopic (exact) mass is 246 g/mol. The van der Waals surface area contributed by atoms with Crippen LogP contribution in [-0.2, 0) is 9.53 Å². The number of allylic oxidation sites excluding steroid dienone is 1. The lowest BCUT2D eigenvalue weighted by molar-refractivity contribution is -0.144. The van der Waals surface area contributed by atoms with E-state index in [9.17, 15) is 4.79 Å².